The first kappa shape index (κ1) is 15.0. The summed E-state index contributed by atoms with van der Waals surface area (Å²) in [5, 5.41) is 6.73. The third-order valence-electron chi connectivity index (χ3n) is 2.49. The van der Waals surface area contributed by atoms with Crippen LogP contribution in [0.5, 0.6) is 0 Å². The molecule has 1 aromatic heterocycles. The number of anilines is 1. The first-order chi connectivity index (χ1) is 8.81. The second kappa shape index (κ2) is 6.21. The summed E-state index contributed by atoms with van der Waals surface area (Å²) in [6.45, 7) is 4.58. The summed E-state index contributed by atoms with van der Waals surface area (Å²) in [7, 11) is 3.23. The van der Waals surface area contributed by atoms with Gasteiger partial charge in [-0.1, -0.05) is 13.8 Å². The number of carbonyl (C=O) groups is 2. The molecule has 0 saturated heterocycles. The summed E-state index contributed by atoms with van der Waals surface area (Å²) in [6.07, 6.45) is 1.56. The van der Waals surface area contributed by atoms with Crippen molar-refractivity contribution >= 4 is 17.5 Å². The number of nitrogens with two attached hydrogens (primary N) is 1. The van der Waals surface area contributed by atoms with Crippen LogP contribution >= 0.6 is 0 Å². The van der Waals surface area contributed by atoms with Gasteiger partial charge < -0.3 is 16.0 Å². The van der Waals surface area contributed by atoms with Gasteiger partial charge in [-0.2, -0.15) is 5.10 Å². The Morgan fingerprint density at radius 2 is 2.16 bits per heavy atom. The molecule has 0 radical (unpaired) electrons. The van der Waals surface area contributed by atoms with E-state index in [1.165, 1.54) is 9.58 Å². The van der Waals surface area contributed by atoms with Crippen molar-refractivity contribution in [3.8, 4) is 0 Å². The minimum atomic E-state index is -0.363. The van der Waals surface area contributed by atoms with Gasteiger partial charge in [0.1, 0.15) is 0 Å². The van der Waals surface area contributed by atoms with Crippen molar-refractivity contribution in [1.82, 2.24) is 20.0 Å². The molecule has 0 fully saturated rings. The molecule has 7 heteroatoms. The predicted octanol–water partition coefficient (Wildman–Crippen LogP) is -0.153. The number of nitrogen functional groups attached to an aromatic ring is 1. The number of hydrogen-bond donors (Lipinski definition) is 2. The number of hydrogen-bond acceptors (Lipinski definition) is 4. The van der Waals surface area contributed by atoms with Gasteiger partial charge in [0.15, 0.2) is 5.69 Å². The fourth-order valence-corrected chi connectivity index (χ4v) is 1.51. The van der Waals surface area contributed by atoms with Gasteiger partial charge in [0.25, 0.3) is 5.91 Å². The van der Waals surface area contributed by atoms with E-state index in [1.54, 1.807) is 20.3 Å². The Morgan fingerprint density at radius 3 is 2.63 bits per heavy atom. The molecule has 1 rings (SSSR count). The van der Waals surface area contributed by atoms with Crippen molar-refractivity contribution in [2.24, 2.45) is 13.0 Å². The molecule has 0 aromatic carbocycles. The van der Waals surface area contributed by atoms with Crippen LogP contribution in [0, 0.1) is 5.92 Å². The average molecular weight is 267 g/mol. The summed E-state index contributed by atoms with van der Waals surface area (Å²) < 4.78 is 1.47. The lowest BCUT2D eigenvalue weighted by Gasteiger charge is -2.16. The van der Waals surface area contributed by atoms with Crippen LogP contribution in [0.15, 0.2) is 6.20 Å². The summed E-state index contributed by atoms with van der Waals surface area (Å²) in [5.74, 6) is -0.187. The second-order valence-electron chi connectivity index (χ2n) is 4.97. The van der Waals surface area contributed by atoms with Crippen molar-refractivity contribution in [1.29, 1.82) is 0 Å². The number of aryl methyl sites for hydroxylation is 1. The zero-order valence-electron chi connectivity index (χ0n) is 11.8. The number of aromatic nitrogens is 2. The molecule has 0 aliphatic heterocycles. The Bertz CT molecular complexity index is 467. The minimum Gasteiger partial charge on any atom is -0.396 e. The molecule has 1 aromatic rings. The van der Waals surface area contributed by atoms with Crippen LogP contribution < -0.4 is 11.1 Å². The fourth-order valence-electron chi connectivity index (χ4n) is 1.51. The summed E-state index contributed by atoms with van der Waals surface area (Å²) in [6, 6.07) is 0. The maximum atomic E-state index is 12.0. The number of nitrogens with zero attached hydrogens (tertiary/aromatic N) is 3. The Morgan fingerprint density at radius 1 is 1.53 bits per heavy atom. The van der Waals surface area contributed by atoms with E-state index in [2.05, 4.69) is 10.4 Å². The van der Waals surface area contributed by atoms with E-state index in [-0.39, 0.29) is 24.1 Å². The van der Waals surface area contributed by atoms with E-state index in [1.807, 2.05) is 13.8 Å². The molecule has 7 nitrogen and oxygen atoms in total. The highest BCUT2D eigenvalue weighted by Gasteiger charge is 2.20. The van der Waals surface area contributed by atoms with Crippen molar-refractivity contribution in [3.63, 3.8) is 0 Å². The molecule has 2 amide bonds. The molecule has 3 N–H and O–H groups in total. The Hall–Kier alpha value is -2.05. The Balaban J connectivity index is 2.58. The Kier molecular flexibility index (Phi) is 4.91. The minimum absolute atomic E-state index is 0.0123. The van der Waals surface area contributed by atoms with Gasteiger partial charge in [0.2, 0.25) is 5.91 Å². The van der Waals surface area contributed by atoms with Gasteiger partial charge >= 0.3 is 0 Å². The highest BCUT2D eigenvalue weighted by atomic mass is 16.2. The molecular formula is C12H21N5O2. The van der Waals surface area contributed by atoms with Gasteiger partial charge in [0.05, 0.1) is 12.2 Å². The van der Waals surface area contributed by atoms with Crippen LogP contribution in [-0.4, -0.2) is 46.6 Å². The fraction of sp³-hybridized carbons (Fsp3) is 0.583. The molecule has 0 spiro atoms. The van der Waals surface area contributed by atoms with Gasteiger partial charge in [-0.25, -0.2) is 0 Å². The van der Waals surface area contributed by atoms with Gasteiger partial charge in [0, 0.05) is 26.8 Å². The lowest BCUT2D eigenvalue weighted by atomic mass is 10.2. The molecule has 0 aliphatic carbocycles. The zero-order valence-corrected chi connectivity index (χ0v) is 11.8. The second-order valence-corrected chi connectivity index (χ2v) is 4.97. The van der Waals surface area contributed by atoms with Crippen molar-refractivity contribution < 1.29 is 9.59 Å². The molecule has 1 heterocycles. The third kappa shape index (κ3) is 4.27. The van der Waals surface area contributed by atoms with Crippen molar-refractivity contribution in [2.45, 2.75) is 13.8 Å². The molecule has 0 bridgehead atoms. The molecule has 19 heavy (non-hydrogen) atoms. The lowest BCUT2D eigenvalue weighted by molar-refractivity contribution is -0.121. The van der Waals surface area contributed by atoms with Crippen LogP contribution in [0.1, 0.15) is 24.3 Å². The summed E-state index contributed by atoms with van der Waals surface area (Å²) in [4.78, 5) is 25.0. The highest BCUT2D eigenvalue weighted by Crippen LogP contribution is 2.10. The first-order valence-corrected chi connectivity index (χ1v) is 6.12. The average Bonchev–Trinajstić information content (AvgIpc) is 2.64. The third-order valence-corrected chi connectivity index (χ3v) is 2.49. The van der Waals surface area contributed by atoms with Crippen LogP contribution in [0.25, 0.3) is 0 Å². The van der Waals surface area contributed by atoms with E-state index in [4.69, 9.17) is 5.73 Å². The maximum Gasteiger partial charge on any atom is 0.276 e. The standard InChI is InChI=1S/C12H21N5O2/c1-8(2)5-14-10(18)7-16(3)12(19)11-9(13)6-17(4)15-11/h6,8H,5,7,13H2,1-4H3,(H,14,18). The van der Waals surface area contributed by atoms with Crippen LogP contribution in [-0.2, 0) is 11.8 Å². The maximum absolute atomic E-state index is 12.0. The molecule has 0 atom stereocenters. The molecule has 0 aliphatic rings. The first-order valence-electron chi connectivity index (χ1n) is 6.12. The topological polar surface area (TPSA) is 93.2 Å². The van der Waals surface area contributed by atoms with E-state index >= 15 is 0 Å². The molecule has 0 saturated carbocycles. The zero-order chi connectivity index (χ0) is 14.6. The SMILES string of the molecule is CC(C)CNC(=O)CN(C)C(=O)c1nn(C)cc1N. The number of rotatable bonds is 5. The monoisotopic (exact) mass is 267 g/mol. The van der Waals surface area contributed by atoms with E-state index < -0.39 is 0 Å². The Labute approximate surface area is 112 Å². The molecule has 106 valence electrons. The lowest BCUT2D eigenvalue weighted by Crippen LogP contribution is -2.39. The van der Waals surface area contributed by atoms with Crippen molar-refractivity contribution in [2.75, 3.05) is 25.9 Å². The highest BCUT2D eigenvalue weighted by molar-refractivity contribution is 5.98. The van der Waals surface area contributed by atoms with Crippen molar-refractivity contribution in [3.05, 3.63) is 11.9 Å². The number of likely N-dealkylation sites (N-methyl/N-ethyl adjacent to an activating group) is 1. The number of amides is 2. The summed E-state index contributed by atoms with van der Waals surface area (Å²) >= 11 is 0. The quantitative estimate of drug-likeness (QED) is 0.775. The van der Waals surface area contributed by atoms with Crippen LogP contribution in [0.3, 0.4) is 0 Å². The normalized spacial score (nSPS) is 10.6. The number of nitrogens with one attached hydrogen (secondary N) is 1. The molecule has 0 unspecified atom stereocenters. The smallest absolute Gasteiger partial charge is 0.276 e. The van der Waals surface area contributed by atoms with E-state index in [9.17, 15) is 9.59 Å². The van der Waals surface area contributed by atoms with Gasteiger partial charge in [-0.05, 0) is 5.92 Å². The van der Waals surface area contributed by atoms with Gasteiger partial charge in [-0.15, -0.1) is 0 Å². The van der Waals surface area contributed by atoms with Gasteiger partial charge in [-0.3, -0.25) is 14.3 Å². The number of carbonyl (C=O) groups excluding carboxylic acids is 2. The van der Waals surface area contributed by atoms with E-state index in [0.29, 0.717) is 18.2 Å². The van der Waals surface area contributed by atoms with Crippen LogP contribution in [0.2, 0.25) is 0 Å². The van der Waals surface area contributed by atoms with E-state index in [0.717, 1.165) is 0 Å². The molecular weight excluding hydrogens is 246 g/mol. The predicted molar refractivity (Wildman–Crippen MR) is 72.4 cm³/mol. The largest absolute Gasteiger partial charge is 0.396 e. The summed E-state index contributed by atoms with van der Waals surface area (Å²) in [5.41, 5.74) is 6.15. The van der Waals surface area contributed by atoms with Crippen LogP contribution in [0.4, 0.5) is 5.69 Å².